The Morgan fingerprint density at radius 3 is 1.91 bits per heavy atom. The van der Waals surface area contributed by atoms with Crippen LogP contribution in [0.5, 0.6) is 11.5 Å². The summed E-state index contributed by atoms with van der Waals surface area (Å²) in [5.74, 6) is 1.28. The number of ether oxygens (including phenoxy) is 2. The van der Waals surface area contributed by atoms with E-state index in [2.05, 4.69) is 0 Å². The van der Waals surface area contributed by atoms with Gasteiger partial charge in [-0.25, -0.2) is 0 Å². The summed E-state index contributed by atoms with van der Waals surface area (Å²) in [5, 5.41) is 10.7. The Morgan fingerprint density at radius 1 is 1.00 bits per heavy atom. The van der Waals surface area contributed by atoms with Crippen molar-refractivity contribution >= 4 is 18.1 Å². The zero-order valence-corrected chi connectivity index (χ0v) is 13.0. The van der Waals surface area contributed by atoms with E-state index >= 15 is 0 Å². The molecule has 2 N–H and O–H groups in total. The van der Waals surface area contributed by atoms with Gasteiger partial charge in [0.2, 0.25) is 0 Å². The molecule has 0 aliphatic heterocycles. The van der Waals surface area contributed by atoms with Gasteiger partial charge in [-0.05, 0) is 23.3 Å². The molecule has 0 spiro atoms. The highest BCUT2D eigenvalue weighted by Crippen LogP contribution is 2.29. The minimum Gasteiger partial charge on any atom is -0.497 e. The molecule has 0 amide bonds. The number of hydrogen-bond acceptors (Lipinski definition) is 5. The van der Waals surface area contributed by atoms with Crippen molar-refractivity contribution in [3.63, 3.8) is 0 Å². The first kappa shape index (κ1) is 17.7. The standard InChI is InChI=1S/C15H16N2O4.ClH/c1-20-13-7-11(8-14(9-13)21-2)15(16)10-3-5-12(6-4-10)17(18)19;/h3-9,15H,16H2,1-2H3;1H/t15-;/m1./s1. The Bertz CT molecular complexity index is 624. The van der Waals surface area contributed by atoms with E-state index in [-0.39, 0.29) is 18.1 Å². The Balaban J connectivity index is 0.00000242. The lowest BCUT2D eigenvalue weighted by Crippen LogP contribution is -2.12. The van der Waals surface area contributed by atoms with Gasteiger partial charge in [0.15, 0.2) is 0 Å². The summed E-state index contributed by atoms with van der Waals surface area (Å²) in [7, 11) is 3.13. The van der Waals surface area contributed by atoms with Gasteiger partial charge in [0.25, 0.3) is 5.69 Å². The summed E-state index contributed by atoms with van der Waals surface area (Å²) >= 11 is 0. The van der Waals surface area contributed by atoms with Gasteiger partial charge in [-0.2, -0.15) is 0 Å². The maximum absolute atomic E-state index is 10.7. The summed E-state index contributed by atoms with van der Waals surface area (Å²) in [6.07, 6.45) is 0. The topological polar surface area (TPSA) is 87.6 Å². The zero-order valence-electron chi connectivity index (χ0n) is 12.2. The van der Waals surface area contributed by atoms with Gasteiger partial charge in [-0.1, -0.05) is 12.1 Å². The molecule has 2 aromatic rings. The van der Waals surface area contributed by atoms with Crippen molar-refractivity contribution in [3.05, 3.63) is 63.7 Å². The van der Waals surface area contributed by atoms with E-state index in [1.54, 1.807) is 32.4 Å². The monoisotopic (exact) mass is 324 g/mol. The third-order valence-corrected chi connectivity index (χ3v) is 3.20. The van der Waals surface area contributed by atoms with E-state index in [1.165, 1.54) is 12.1 Å². The van der Waals surface area contributed by atoms with Gasteiger partial charge in [0.05, 0.1) is 25.2 Å². The molecule has 0 bridgehead atoms. The highest BCUT2D eigenvalue weighted by molar-refractivity contribution is 5.85. The molecule has 6 nitrogen and oxygen atoms in total. The predicted octanol–water partition coefficient (Wildman–Crippen LogP) is 3.08. The minimum absolute atomic E-state index is 0. The number of hydrogen-bond donors (Lipinski definition) is 1. The van der Waals surface area contributed by atoms with Crippen molar-refractivity contribution in [3.8, 4) is 11.5 Å². The lowest BCUT2D eigenvalue weighted by atomic mass is 9.99. The smallest absolute Gasteiger partial charge is 0.269 e. The maximum Gasteiger partial charge on any atom is 0.269 e. The first-order valence-electron chi connectivity index (χ1n) is 6.28. The molecule has 0 aliphatic rings. The molecular weight excluding hydrogens is 308 g/mol. The minimum atomic E-state index is -0.441. The summed E-state index contributed by atoms with van der Waals surface area (Å²) in [6, 6.07) is 11.1. The number of nitro benzene ring substituents is 1. The van der Waals surface area contributed by atoms with E-state index in [0.717, 1.165) is 11.1 Å². The number of nitrogens with zero attached hydrogens (tertiary/aromatic N) is 1. The Labute approximate surface area is 134 Å². The highest BCUT2D eigenvalue weighted by atomic mass is 35.5. The van der Waals surface area contributed by atoms with Gasteiger partial charge in [-0.15, -0.1) is 12.4 Å². The number of nitrogens with two attached hydrogens (primary N) is 1. The van der Waals surface area contributed by atoms with Crippen LogP contribution < -0.4 is 15.2 Å². The van der Waals surface area contributed by atoms with Crippen molar-refractivity contribution < 1.29 is 14.4 Å². The van der Waals surface area contributed by atoms with Gasteiger partial charge >= 0.3 is 0 Å². The maximum atomic E-state index is 10.7. The second-order valence-corrected chi connectivity index (χ2v) is 4.47. The van der Waals surface area contributed by atoms with Crippen molar-refractivity contribution in [2.45, 2.75) is 6.04 Å². The Hall–Kier alpha value is -2.31. The summed E-state index contributed by atoms with van der Waals surface area (Å²) in [5.41, 5.74) is 7.82. The fourth-order valence-corrected chi connectivity index (χ4v) is 2.00. The summed E-state index contributed by atoms with van der Waals surface area (Å²) in [6.45, 7) is 0. The normalized spacial score (nSPS) is 11.2. The van der Waals surface area contributed by atoms with Crippen molar-refractivity contribution in [2.24, 2.45) is 5.73 Å². The molecule has 0 saturated heterocycles. The Kier molecular flexibility index (Phi) is 6.15. The molecule has 0 heterocycles. The first-order valence-corrected chi connectivity index (χ1v) is 6.28. The molecule has 22 heavy (non-hydrogen) atoms. The van der Waals surface area contributed by atoms with Crippen molar-refractivity contribution in [1.82, 2.24) is 0 Å². The lowest BCUT2D eigenvalue weighted by Gasteiger charge is -2.15. The summed E-state index contributed by atoms with van der Waals surface area (Å²) < 4.78 is 10.4. The van der Waals surface area contributed by atoms with Crippen LogP contribution in [-0.4, -0.2) is 19.1 Å². The zero-order chi connectivity index (χ0) is 15.4. The third-order valence-electron chi connectivity index (χ3n) is 3.20. The van der Waals surface area contributed by atoms with Crippen LogP contribution in [0.3, 0.4) is 0 Å². The molecule has 0 saturated carbocycles. The fourth-order valence-electron chi connectivity index (χ4n) is 2.00. The van der Waals surface area contributed by atoms with Crippen LogP contribution in [0.15, 0.2) is 42.5 Å². The van der Waals surface area contributed by atoms with E-state index in [0.29, 0.717) is 11.5 Å². The van der Waals surface area contributed by atoms with Gasteiger partial charge in [0, 0.05) is 18.2 Å². The van der Waals surface area contributed by atoms with Gasteiger partial charge < -0.3 is 15.2 Å². The summed E-state index contributed by atoms with van der Waals surface area (Å²) in [4.78, 5) is 10.2. The van der Waals surface area contributed by atoms with Crippen LogP contribution in [-0.2, 0) is 0 Å². The molecule has 0 aromatic heterocycles. The number of halogens is 1. The molecule has 0 fully saturated rings. The van der Waals surface area contributed by atoms with E-state index < -0.39 is 11.0 Å². The third kappa shape index (κ3) is 3.87. The van der Waals surface area contributed by atoms with Gasteiger partial charge in [0.1, 0.15) is 11.5 Å². The first-order chi connectivity index (χ1) is 10.0. The van der Waals surface area contributed by atoms with Crippen LogP contribution in [0.1, 0.15) is 17.2 Å². The van der Waals surface area contributed by atoms with E-state index in [4.69, 9.17) is 15.2 Å². The number of methoxy groups -OCH3 is 2. The number of nitro groups is 1. The molecule has 0 aliphatic carbocycles. The fraction of sp³-hybridized carbons (Fsp3) is 0.200. The highest BCUT2D eigenvalue weighted by Gasteiger charge is 2.13. The molecule has 1 atom stereocenters. The van der Waals surface area contributed by atoms with Gasteiger partial charge in [-0.3, -0.25) is 10.1 Å². The van der Waals surface area contributed by atoms with E-state index in [1.807, 2.05) is 12.1 Å². The van der Waals surface area contributed by atoms with Crippen LogP contribution >= 0.6 is 12.4 Å². The second-order valence-electron chi connectivity index (χ2n) is 4.47. The predicted molar refractivity (Wildman–Crippen MR) is 85.9 cm³/mol. The lowest BCUT2D eigenvalue weighted by molar-refractivity contribution is -0.384. The molecular formula is C15H17ClN2O4. The largest absolute Gasteiger partial charge is 0.497 e. The van der Waals surface area contributed by atoms with E-state index in [9.17, 15) is 10.1 Å². The molecule has 7 heteroatoms. The Morgan fingerprint density at radius 2 is 1.50 bits per heavy atom. The van der Waals surface area contributed by atoms with Crippen LogP contribution in [0.2, 0.25) is 0 Å². The molecule has 2 aromatic carbocycles. The average Bonchev–Trinajstić information content (AvgIpc) is 2.53. The molecule has 0 unspecified atom stereocenters. The second kappa shape index (κ2) is 7.63. The number of non-ortho nitro benzene ring substituents is 1. The number of benzene rings is 2. The van der Waals surface area contributed by atoms with Crippen molar-refractivity contribution in [2.75, 3.05) is 14.2 Å². The molecule has 0 radical (unpaired) electrons. The SMILES string of the molecule is COc1cc(OC)cc([C@H](N)c2ccc([N+](=O)[O-])cc2)c1.Cl. The van der Waals surface area contributed by atoms with Crippen LogP contribution in [0.25, 0.3) is 0 Å². The molecule has 2 rings (SSSR count). The van der Waals surface area contributed by atoms with Crippen LogP contribution in [0, 0.1) is 10.1 Å². The van der Waals surface area contributed by atoms with Crippen molar-refractivity contribution in [1.29, 1.82) is 0 Å². The molecule has 118 valence electrons. The van der Waals surface area contributed by atoms with Crippen LogP contribution in [0.4, 0.5) is 5.69 Å². The average molecular weight is 325 g/mol. The quantitative estimate of drug-likeness (QED) is 0.674. The number of rotatable bonds is 5.